The van der Waals surface area contributed by atoms with E-state index in [-0.39, 0.29) is 142 Å². The van der Waals surface area contributed by atoms with Gasteiger partial charge in [-0.1, -0.05) is 94.0 Å². The van der Waals surface area contributed by atoms with E-state index in [1.54, 1.807) is 13.8 Å². The van der Waals surface area contributed by atoms with E-state index >= 15 is 0 Å². The van der Waals surface area contributed by atoms with Gasteiger partial charge in [-0.15, -0.1) is 0 Å². The molecule has 10 aliphatic carbocycles. The Morgan fingerprint density at radius 2 is 0.989 bits per heavy atom. The topological polar surface area (TPSA) is 225 Å². The minimum absolute atomic E-state index is 0. The van der Waals surface area contributed by atoms with Gasteiger partial charge in [0.1, 0.15) is 30.0 Å². The fourth-order valence-electron chi connectivity index (χ4n) is 18.0. The number of esters is 6. The van der Waals surface area contributed by atoms with Crippen LogP contribution in [0.4, 0.5) is 0 Å². The molecular formula is C72H128O16. The largest absolute Gasteiger partial charge is 0.481 e. The van der Waals surface area contributed by atoms with E-state index in [1.165, 1.54) is 25.7 Å². The summed E-state index contributed by atoms with van der Waals surface area (Å²) in [4.78, 5) is 84.2. The number of rotatable bonds is 14. The first kappa shape index (κ1) is 80.3. The number of carboxylic acid groups (broad SMARTS) is 1. The van der Waals surface area contributed by atoms with E-state index in [2.05, 4.69) is 13.8 Å². The molecule has 10 saturated carbocycles. The van der Waals surface area contributed by atoms with E-state index in [0.29, 0.717) is 49.4 Å². The normalized spacial score (nSPS) is 39.8. The number of aliphatic hydroxyl groups is 1. The van der Waals surface area contributed by atoms with Gasteiger partial charge in [0.05, 0.1) is 51.1 Å². The van der Waals surface area contributed by atoms with Gasteiger partial charge in [0, 0.05) is 17.8 Å². The van der Waals surface area contributed by atoms with Crippen LogP contribution in [0.1, 0.15) is 259 Å². The summed E-state index contributed by atoms with van der Waals surface area (Å²) >= 11 is 0. The highest BCUT2D eigenvalue weighted by atomic mass is 16.7. The number of hydrogen-bond acceptors (Lipinski definition) is 15. The summed E-state index contributed by atoms with van der Waals surface area (Å²) in [6.45, 7) is 25.5. The number of carboxylic acids is 1. The minimum atomic E-state index is -0.999. The molecular weight excluding hydrogens is 1120 g/mol. The maximum Gasteiger partial charge on any atom is 0.312 e. The third kappa shape index (κ3) is 13.7. The molecule has 0 aromatic rings. The quantitative estimate of drug-likeness (QED) is 0.0937. The number of ether oxygens (including phenoxy) is 7. The molecule has 2 N–H and O–H groups in total. The van der Waals surface area contributed by atoms with Crippen molar-refractivity contribution in [2.24, 2.45) is 105 Å². The molecule has 16 heteroatoms. The van der Waals surface area contributed by atoms with Gasteiger partial charge in [-0.3, -0.25) is 33.6 Å². The molecule has 0 aromatic heterocycles. The first-order chi connectivity index (χ1) is 37.5. The fourth-order valence-corrected chi connectivity index (χ4v) is 18.0. The van der Waals surface area contributed by atoms with Crippen LogP contribution in [0.2, 0.25) is 0 Å². The molecule has 14 fully saturated rings. The molecule has 4 saturated heterocycles. The lowest BCUT2D eigenvalue weighted by Gasteiger charge is -2.57. The Bertz CT molecular complexity index is 2430. The van der Waals surface area contributed by atoms with Crippen molar-refractivity contribution < 1.29 is 76.9 Å². The third-order valence-electron chi connectivity index (χ3n) is 24.0. The van der Waals surface area contributed by atoms with Crippen LogP contribution in [0, 0.1) is 105 Å². The summed E-state index contributed by atoms with van der Waals surface area (Å²) in [6, 6.07) is 0. The highest BCUT2D eigenvalue weighted by molar-refractivity contribution is 5.86. The zero-order valence-corrected chi connectivity index (χ0v) is 50.3. The molecule has 20 unspecified atom stereocenters. The van der Waals surface area contributed by atoms with Crippen LogP contribution >= 0.6 is 0 Å². The number of carbonyl (C=O) groups is 7. The molecule has 0 aromatic carbocycles. The third-order valence-corrected chi connectivity index (χ3v) is 24.0. The van der Waals surface area contributed by atoms with E-state index in [1.807, 2.05) is 62.3 Å². The van der Waals surface area contributed by atoms with Gasteiger partial charge >= 0.3 is 41.8 Å². The Kier molecular flexibility index (Phi) is 26.1. The van der Waals surface area contributed by atoms with Crippen LogP contribution < -0.4 is 0 Å². The van der Waals surface area contributed by atoms with Crippen LogP contribution in [0.15, 0.2) is 0 Å². The van der Waals surface area contributed by atoms with E-state index in [9.17, 15) is 43.8 Å². The molecule has 14 rings (SSSR count). The molecule has 4 heterocycles. The molecule has 0 spiro atoms. The van der Waals surface area contributed by atoms with Gasteiger partial charge in [-0.2, -0.15) is 0 Å². The summed E-state index contributed by atoms with van der Waals surface area (Å²) < 4.78 is 39.5. The average Bonchev–Trinajstić information content (AvgIpc) is 1.90. The highest BCUT2D eigenvalue weighted by Gasteiger charge is 2.71. The van der Waals surface area contributed by atoms with Gasteiger partial charge in [0.15, 0.2) is 12.2 Å². The zero-order chi connectivity index (χ0) is 58.1. The maximum absolute atomic E-state index is 12.7. The lowest BCUT2D eigenvalue weighted by atomic mass is 9.53. The molecule has 0 amide bonds. The van der Waals surface area contributed by atoms with Crippen molar-refractivity contribution in [1.29, 1.82) is 0 Å². The molecule has 88 heavy (non-hydrogen) atoms. The number of aliphatic carboxylic acids is 1. The summed E-state index contributed by atoms with van der Waals surface area (Å²) in [7, 11) is 0. The Hall–Kier alpha value is -3.79. The molecule has 12 bridgehead atoms. The van der Waals surface area contributed by atoms with Crippen molar-refractivity contribution in [2.75, 3.05) is 0 Å². The van der Waals surface area contributed by atoms with Crippen LogP contribution in [-0.4, -0.2) is 106 Å². The Morgan fingerprint density at radius 1 is 0.511 bits per heavy atom. The van der Waals surface area contributed by atoms with Crippen molar-refractivity contribution in [3.8, 4) is 0 Å². The van der Waals surface area contributed by atoms with Crippen molar-refractivity contribution in [1.82, 2.24) is 0 Å². The molecule has 0 radical (unpaired) electrons. The highest BCUT2D eigenvalue weighted by Crippen LogP contribution is 2.71. The monoisotopic (exact) mass is 1250 g/mol. The van der Waals surface area contributed by atoms with Crippen molar-refractivity contribution in [3.63, 3.8) is 0 Å². The average molecular weight is 1250 g/mol. The van der Waals surface area contributed by atoms with Gasteiger partial charge in [0.25, 0.3) is 0 Å². The van der Waals surface area contributed by atoms with Crippen LogP contribution in [-0.2, 0) is 66.7 Å². The SMILES string of the molecule is C.C.C.C.C.C.C.C.CCC(C)(C)C(=O)OC1(CC)CC2CC1C1C3CCC(C3)C21.CCC(C)(C)C(=O)OC1C2CC3C(=O)OC1C3O2.CCC(C)(C)C(=O)OC1C2CC3C1OC(=O)C3C2C(=O)O.CCC(C)(C)C(=O)OC1C2CC3CC1CC(O)(C3)C2. The van der Waals surface area contributed by atoms with Gasteiger partial charge in [-0.25, -0.2) is 0 Å². The Labute approximate surface area is 533 Å². The fraction of sp³-hybridized carbons (Fsp3) is 0.903. The second-order valence-corrected chi connectivity index (χ2v) is 30.1. The van der Waals surface area contributed by atoms with Crippen molar-refractivity contribution in [3.05, 3.63) is 0 Å². The molecule has 512 valence electrons. The van der Waals surface area contributed by atoms with Crippen LogP contribution in [0.25, 0.3) is 0 Å². The molecule has 14 aliphatic rings. The molecule has 16 nitrogen and oxygen atoms in total. The summed E-state index contributed by atoms with van der Waals surface area (Å²) in [5.41, 5.74) is -2.42. The Morgan fingerprint density at radius 3 is 1.48 bits per heavy atom. The summed E-state index contributed by atoms with van der Waals surface area (Å²) in [5, 5.41) is 19.9. The van der Waals surface area contributed by atoms with E-state index in [0.717, 1.165) is 87.4 Å². The first-order valence-electron chi connectivity index (χ1n) is 31.3. The van der Waals surface area contributed by atoms with Crippen LogP contribution in [0.5, 0.6) is 0 Å². The summed E-state index contributed by atoms with van der Waals surface area (Å²) in [6.07, 6.45) is 14.9. The van der Waals surface area contributed by atoms with Crippen LogP contribution in [0.3, 0.4) is 0 Å². The van der Waals surface area contributed by atoms with E-state index < -0.39 is 64.6 Å². The van der Waals surface area contributed by atoms with Crippen molar-refractivity contribution >= 4 is 41.8 Å². The number of fused-ring (bicyclic) bond motifs is 11. The van der Waals surface area contributed by atoms with Gasteiger partial charge in [0.2, 0.25) is 0 Å². The Balaban J connectivity index is 0.000000389. The predicted octanol–water partition coefficient (Wildman–Crippen LogP) is 15.1. The van der Waals surface area contributed by atoms with Gasteiger partial charge < -0.3 is 43.4 Å². The lowest BCUT2D eigenvalue weighted by molar-refractivity contribution is -0.204. The number of hydrogen-bond donors (Lipinski definition) is 2. The van der Waals surface area contributed by atoms with Gasteiger partial charge in [-0.05, 0) is 212 Å². The standard InChI is InChI=1S/C20H32O2.C16H26O3.C15H20O6.C13H18O5.8CH4/c1-5-19(3,4)18(21)22-20(6-2)11-14-10-15(20)17-13-8-7-12(9-13)16(14)17;1-4-15(2,3)14(17)19-13-11-5-10-6-12(13)9-16(18,7-10)8-11;1-4-15(2,3)14(19)21-11-6-5-7-9(8(6)12(16)17)13(18)20-10(7)11;1-4-13(2,3)12(15)18-9-7-5-6-8(16-7)10(9)17-11(6)14;;;;;;;;/h12-17H,5-11H2,1-4H3;10-13,18H,4-9H2,1-3H3;6-11H,4-5H2,1-3H3,(H,16,17);6-10H,4-5H2,1-3H3;8*1H4. The molecule has 4 aliphatic heterocycles. The molecule has 20 atom stereocenters. The predicted molar refractivity (Wildman–Crippen MR) is 344 cm³/mol. The number of carbonyl (C=O) groups excluding carboxylic acids is 6. The second kappa shape index (κ2) is 28.6. The smallest absolute Gasteiger partial charge is 0.312 e. The zero-order valence-electron chi connectivity index (χ0n) is 50.3. The maximum atomic E-state index is 12.7. The lowest BCUT2D eigenvalue weighted by Crippen LogP contribution is -2.58. The second-order valence-electron chi connectivity index (χ2n) is 30.1. The van der Waals surface area contributed by atoms with E-state index in [4.69, 9.17) is 33.2 Å². The first-order valence-corrected chi connectivity index (χ1v) is 31.3. The minimum Gasteiger partial charge on any atom is -0.481 e. The van der Waals surface area contributed by atoms with Crippen molar-refractivity contribution in [2.45, 2.75) is 313 Å². The summed E-state index contributed by atoms with van der Waals surface area (Å²) in [5.74, 6) is 2.61.